The summed E-state index contributed by atoms with van der Waals surface area (Å²) in [6.07, 6.45) is 3.64. The van der Waals surface area contributed by atoms with Crippen LogP contribution in [0.2, 0.25) is 0 Å². The molecule has 0 heterocycles. The van der Waals surface area contributed by atoms with Crippen molar-refractivity contribution >= 4 is 11.9 Å². The molecule has 1 rings (SSSR count). The van der Waals surface area contributed by atoms with Crippen LogP contribution in [0.4, 0.5) is 0 Å². The van der Waals surface area contributed by atoms with Crippen molar-refractivity contribution in [1.82, 2.24) is 0 Å². The van der Waals surface area contributed by atoms with Gasteiger partial charge in [0.25, 0.3) is 0 Å². The zero-order chi connectivity index (χ0) is 12.9. The molecule has 1 saturated carbocycles. The summed E-state index contributed by atoms with van der Waals surface area (Å²) in [4.78, 5) is 24.0. The largest absolute Gasteiger partial charge is 0.465 e. The van der Waals surface area contributed by atoms with Gasteiger partial charge in [-0.05, 0) is 40.0 Å². The van der Waals surface area contributed by atoms with Crippen molar-refractivity contribution in [2.24, 2.45) is 5.41 Å². The Morgan fingerprint density at radius 1 is 1.24 bits per heavy atom. The summed E-state index contributed by atoms with van der Waals surface area (Å²) in [6, 6.07) is 0. The van der Waals surface area contributed by atoms with Crippen molar-refractivity contribution in [2.45, 2.75) is 40.0 Å². The SMILES string of the molecule is CC=C1CCC(C(=O)OCC)(C(=O)OCC)C1. The second-order valence-electron chi connectivity index (χ2n) is 4.15. The van der Waals surface area contributed by atoms with Crippen molar-refractivity contribution in [2.75, 3.05) is 13.2 Å². The standard InChI is InChI=1S/C13H20O4/c1-4-10-7-8-13(9-10,11(14)16-5-2)12(15)17-6-3/h4H,5-9H2,1-3H3. The Balaban J connectivity index is 2.94. The number of allylic oxidation sites excluding steroid dienone is 2. The maximum absolute atomic E-state index is 12.0. The highest BCUT2D eigenvalue weighted by Crippen LogP contribution is 2.43. The van der Waals surface area contributed by atoms with Gasteiger partial charge >= 0.3 is 11.9 Å². The third kappa shape index (κ3) is 2.68. The van der Waals surface area contributed by atoms with E-state index in [4.69, 9.17) is 9.47 Å². The number of esters is 2. The molecule has 4 heteroatoms. The molecule has 0 radical (unpaired) electrons. The third-order valence-electron chi connectivity index (χ3n) is 3.14. The van der Waals surface area contributed by atoms with Gasteiger partial charge in [0.15, 0.2) is 5.41 Å². The summed E-state index contributed by atoms with van der Waals surface area (Å²) in [7, 11) is 0. The second-order valence-corrected chi connectivity index (χ2v) is 4.15. The quantitative estimate of drug-likeness (QED) is 0.429. The van der Waals surface area contributed by atoms with Crippen LogP contribution >= 0.6 is 0 Å². The molecular weight excluding hydrogens is 220 g/mol. The molecule has 4 nitrogen and oxygen atoms in total. The lowest BCUT2D eigenvalue weighted by Gasteiger charge is -2.23. The molecule has 96 valence electrons. The fourth-order valence-corrected chi connectivity index (χ4v) is 2.16. The summed E-state index contributed by atoms with van der Waals surface area (Å²) in [5.74, 6) is -0.898. The summed E-state index contributed by atoms with van der Waals surface area (Å²) < 4.78 is 10.0. The van der Waals surface area contributed by atoms with E-state index in [0.717, 1.165) is 12.0 Å². The molecular formula is C13H20O4. The van der Waals surface area contributed by atoms with E-state index in [1.807, 2.05) is 13.0 Å². The zero-order valence-electron chi connectivity index (χ0n) is 10.7. The Hall–Kier alpha value is -1.32. The van der Waals surface area contributed by atoms with Crippen LogP contribution in [0, 0.1) is 5.41 Å². The van der Waals surface area contributed by atoms with E-state index in [-0.39, 0.29) is 13.2 Å². The van der Waals surface area contributed by atoms with Crippen molar-refractivity contribution in [3.63, 3.8) is 0 Å². The van der Waals surface area contributed by atoms with E-state index in [2.05, 4.69) is 0 Å². The molecule has 0 aromatic rings. The Labute approximate surface area is 102 Å². The molecule has 1 aliphatic rings. The van der Waals surface area contributed by atoms with Crippen LogP contribution in [0.5, 0.6) is 0 Å². The lowest BCUT2D eigenvalue weighted by molar-refractivity contribution is -0.171. The van der Waals surface area contributed by atoms with E-state index in [0.29, 0.717) is 12.8 Å². The molecule has 0 atom stereocenters. The Bertz CT molecular complexity index is 312. The minimum absolute atomic E-state index is 0.283. The van der Waals surface area contributed by atoms with Crippen LogP contribution in [0.1, 0.15) is 40.0 Å². The maximum atomic E-state index is 12.0. The molecule has 0 amide bonds. The highest BCUT2D eigenvalue weighted by molar-refractivity contribution is 6.01. The number of hydrogen-bond acceptors (Lipinski definition) is 4. The van der Waals surface area contributed by atoms with E-state index in [1.165, 1.54) is 0 Å². The van der Waals surface area contributed by atoms with Gasteiger partial charge in [-0.2, -0.15) is 0 Å². The number of hydrogen-bond donors (Lipinski definition) is 0. The molecule has 0 spiro atoms. The van der Waals surface area contributed by atoms with Crippen LogP contribution in [0.25, 0.3) is 0 Å². The average molecular weight is 240 g/mol. The Kier molecular flexibility index (Phi) is 4.73. The fourth-order valence-electron chi connectivity index (χ4n) is 2.16. The summed E-state index contributed by atoms with van der Waals surface area (Å²) in [5, 5.41) is 0. The smallest absolute Gasteiger partial charge is 0.323 e. The monoisotopic (exact) mass is 240 g/mol. The van der Waals surface area contributed by atoms with Crippen LogP contribution in [-0.4, -0.2) is 25.2 Å². The molecule has 17 heavy (non-hydrogen) atoms. The van der Waals surface area contributed by atoms with Crippen LogP contribution in [0.3, 0.4) is 0 Å². The highest BCUT2D eigenvalue weighted by Gasteiger charge is 2.52. The number of rotatable bonds is 4. The number of carbonyl (C=O) groups excluding carboxylic acids is 2. The summed E-state index contributed by atoms with van der Waals surface area (Å²) in [5.41, 5.74) is 0.0135. The van der Waals surface area contributed by atoms with E-state index < -0.39 is 17.4 Å². The first-order chi connectivity index (χ1) is 8.10. The molecule has 0 saturated heterocycles. The highest BCUT2D eigenvalue weighted by atomic mass is 16.6. The third-order valence-corrected chi connectivity index (χ3v) is 3.14. The van der Waals surface area contributed by atoms with Gasteiger partial charge in [0, 0.05) is 0 Å². The van der Waals surface area contributed by atoms with Gasteiger partial charge in [-0.15, -0.1) is 0 Å². The molecule has 0 aromatic carbocycles. The predicted molar refractivity (Wildman–Crippen MR) is 63.3 cm³/mol. The van der Waals surface area contributed by atoms with Gasteiger partial charge in [-0.25, -0.2) is 0 Å². The molecule has 1 aliphatic carbocycles. The van der Waals surface area contributed by atoms with Gasteiger partial charge in [0.1, 0.15) is 0 Å². The van der Waals surface area contributed by atoms with Crippen molar-refractivity contribution in [3.8, 4) is 0 Å². The molecule has 1 fully saturated rings. The summed E-state index contributed by atoms with van der Waals surface area (Å²) >= 11 is 0. The van der Waals surface area contributed by atoms with Crippen molar-refractivity contribution < 1.29 is 19.1 Å². The number of carbonyl (C=O) groups is 2. The predicted octanol–water partition coefficient (Wildman–Crippen LogP) is 2.23. The topological polar surface area (TPSA) is 52.6 Å². The van der Waals surface area contributed by atoms with E-state index >= 15 is 0 Å². The van der Waals surface area contributed by atoms with Gasteiger partial charge in [-0.1, -0.05) is 11.6 Å². The van der Waals surface area contributed by atoms with Gasteiger partial charge < -0.3 is 9.47 Å². The molecule has 0 aromatic heterocycles. The van der Waals surface area contributed by atoms with Crippen LogP contribution in [0.15, 0.2) is 11.6 Å². The molecule has 0 bridgehead atoms. The first-order valence-corrected chi connectivity index (χ1v) is 6.09. The molecule has 0 aliphatic heterocycles. The van der Waals surface area contributed by atoms with Crippen molar-refractivity contribution in [3.05, 3.63) is 11.6 Å². The van der Waals surface area contributed by atoms with Gasteiger partial charge in [0.05, 0.1) is 13.2 Å². The lowest BCUT2D eigenvalue weighted by atomic mass is 9.86. The minimum atomic E-state index is -1.10. The first-order valence-electron chi connectivity index (χ1n) is 6.09. The van der Waals surface area contributed by atoms with Gasteiger partial charge in [0.2, 0.25) is 0 Å². The average Bonchev–Trinajstić information content (AvgIpc) is 2.75. The summed E-state index contributed by atoms with van der Waals surface area (Å²) in [6.45, 7) is 5.96. The van der Waals surface area contributed by atoms with Crippen molar-refractivity contribution in [1.29, 1.82) is 0 Å². The number of ether oxygens (including phenoxy) is 2. The maximum Gasteiger partial charge on any atom is 0.323 e. The molecule has 0 unspecified atom stereocenters. The van der Waals surface area contributed by atoms with Crippen LogP contribution in [-0.2, 0) is 19.1 Å². The zero-order valence-corrected chi connectivity index (χ0v) is 10.7. The van der Waals surface area contributed by atoms with Gasteiger partial charge in [-0.3, -0.25) is 9.59 Å². The normalized spacial score (nSPS) is 20.3. The lowest BCUT2D eigenvalue weighted by Crippen LogP contribution is -2.39. The molecule has 0 N–H and O–H groups in total. The Morgan fingerprint density at radius 2 is 1.76 bits per heavy atom. The van der Waals surface area contributed by atoms with Crippen LogP contribution < -0.4 is 0 Å². The van der Waals surface area contributed by atoms with E-state index in [1.54, 1.807) is 13.8 Å². The Morgan fingerprint density at radius 3 is 2.12 bits per heavy atom. The minimum Gasteiger partial charge on any atom is -0.465 e. The second kappa shape index (κ2) is 5.84. The van der Waals surface area contributed by atoms with E-state index in [9.17, 15) is 9.59 Å². The fraction of sp³-hybridized carbons (Fsp3) is 0.692. The first kappa shape index (κ1) is 13.7.